The van der Waals surface area contributed by atoms with Gasteiger partial charge in [0.05, 0.1) is 12.2 Å². The summed E-state index contributed by atoms with van der Waals surface area (Å²) in [6, 6.07) is 13.6. The average molecular weight is 507 g/mol. The first kappa shape index (κ1) is 27.0. The number of likely N-dealkylation sites (tertiary alicyclic amines) is 1. The first-order valence-corrected chi connectivity index (χ1v) is 11.5. The molecule has 1 aliphatic carbocycles. The maximum absolute atomic E-state index is 12.9. The molecule has 4 rings (SSSR count). The van der Waals surface area contributed by atoms with Crippen LogP contribution in [0.1, 0.15) is 31.0 Å². The van der Waals surface area contributed by atoms with Gasteiger partial charge in [-0.15, -0.1) is 0 Å². The Labute approximate surface area is 207 Å². The fraction of sp³-hybridized carbons (Fsp3) is 0.440. The molecule has 2 N–H and O–H groups in total. The second-order valence-electron chi connectivity index (χ2n) is 9.09. The lowest BCUT2D eigenvalue weighted by atomic mass is 10.0. The fourth-order valence-electron chi connectivity index (χ4n) is 4.37. The molecule has 0 radical (unpaired) electrons. The molecule has 1 saturated heterocycles. The Bertz CT molecular complexity index is 1100. The summed E-state index contributed by atoms with van der Waals surface area (Å²) in [4.78, 5) is 42.4. The number of hydrogen-bond donors (Lipinski definition) is 2. The summed E-state index contributed by atoms with van der Waals surface area (Å²) in [7, 11) is 1.84. The van der Waals surface area contributed by atoms with Gasteiger partial charge in [0.15, 0.2) is 0 Å². The molecule has 1 saturated carbocycles. The van der Waals surface area contributed by atoms with E-state index >= 15 is 0 Å². The number of aliphatic carboxylic acids is 1. The minimum atomic E-state index is -5.08. The molecule has 11 heteroatoms. The van der Waals surface area contributed by atoms with Crippen LogP contribution in [-0.2, 0) is 22.6 Å². The van der Waals surface area contributed by atoms with E-state index in [2.05, 4.69) is 23.3 Å². The first-order valence-electron chi connectivity index (χ1n) is 11.5. The number of alkyl halides is 3. The number of nitrogens with one attached hydrogen (secondary N) is 1. The van der Waals surface area contributed by atoms with E-state index in [0.717, 1.165) is 30.6 Å². The van der Waals surface area contributed by atoms with Crippen LogP contribution >= 0.6 is 0 Å². The Balaban J connectivity index is 0.000000454. The molecular formula is C25H29F3N4O4. The third-order valence-corrected chi connectivity index (χ3v) is 6.49. The standard InChI is InChI=1S/C23H28N4O2.C2HF3O2/c1-3-17-7-6-9-18(13-17)25-22(29)27-12-10-23(16-27)14-20(23)21(28)26(2)15-19-8-4-5-11-24-19;3-2(4,5)1(6)7/h4-9,11,13,20H,3,10,12,14-16H2,1-2H3,(H,25,29);(H,6,7). The molecule has 2 fully saturated rings. The average Bonchev–Trinajstić information content (AvgIpc) is 3.37. The molecule has 0 bridgehead atoms. The number of carbonyl (C=O) groups excluding carboxylic acids is 2. The van der Waals surface area contributed by atoms with Gasteiger partial charge in [0.2, 0.25) is 5.91 Å². The molecule has 1 aromatic carbocycles. The number of urea groups is 1. The predicted molar refractivity (Wildman–Crippen MR) is 126 cm³/mol. The fourth-order valence-corrected chi connectivity index (χ4v) is 4.37. The van der Waals surface area contributed by atoms with Crippen LogP contribution in [0.25, 0.3) is 0 Å². The van der Waals surface area contributed by atoms with Crippen LogP contribution in [0.5, 0.6) is 0 Å². The Morgan fingerprint density at radius 2 is 1.94 bits per heavy atom. The van der Waals surface area contributed by atoms with Gasteiger partial charge in [-0.05, 0) is 49.1 Å². The quantitative estimate of drug-likeness (QED) is 0.634. The normalized spacial score (nSPS) is 20.4. The van der Waals surface area contributed by atoms with E-state index < -0.39 is 12.1 Å². The Morgan fingerprint density at radius 1 is 1.22 bits per heavy atom. The van der Waals surface area contributed by atoms with Crippen LogP contribution in [0, 0.1) is 11.3 Å². The molecule has 194 valence electrons. The number of pyridine rings is 1. The molecule has 1 aliphatic heterocycles. The zero-order valence-electron chi connectivity index (χ0n) is 20.1. The number of hydrogen-bond acceptors (Lipinski definition) is 4. The summed E-state index contributed by atoms with van der Waals surface area (Å²) in [5.41, 5.74) is 2.87. The molecule has 36 heavy (non-hydrogen) atoms. The molecule has 3 amide bonds. The molecular weight excluding hydrogens is 477 g/mol. The van der Waals surface area contributed by atoms with Crippen molar-refractivity contribution in [1.82, 2.24) is 14.8 Å². The highest BCUT2D eigenvalue weighted by Crippen LogP contribution is 2.59. The van der Waals surface area contributed by atoms with Crippen molar-refractivity contribution in [2.24, 2.45) is 11.3 Å². The second-order valence-corrected chi connectivity index (χ2v) is 9.09. The highest BCUT2D eigenvalue weighted by molar-refractivity contribution is 5.90. The van der Waals surface area contributed by atoms with Crippen LogP contribution in [0.4, 0.5) is 23.7 Å². The van der Waals surface area contributed by atoms with E-state index in [0.29, 0.717) is 19.6 Å². The highest BCUT2D eigenvalue weighted by Gasteiger charge is 2.61. The smallest absolute Gasteiger partial charge is 0.475 e. The lowest BCUT2D eigenvalue weighted by Crippen LogP contribution is -2.34. The number of aryl methyl sites for hydroxylation is 1. The number of rotatable bonds is 5. The lowest BCUT2D eigenvalue weighted by Gasteiger charge is -2.20. The van der Waals surface area contributed by atoms with Crippen molar-refractivity contribution in [2.75, 3.05) is 25.5 Å². The van der Waals surface area contributed by atoms with Crippen LogP contribution in [-0.4, -0.2) is 64.1 Å². The summed E-state index contributed by atoms with van der Waals surface area (Å²) in [6.45, 7) is 3.97. The van der Waals surface area contributed by atoms with E-state index in [-0.39, 0.29) is 23.3 Å². The number of aromatic nitrogens is 1. The van der Waals surface area contributed by atoms with E-state index in [9.17, 15) is 22.8 Å². The number of nitrogens with zero attached hydrogens (tertiary/aromatic N) is 3. The van der Waals surface area contributed by atoms with Crippen LogP contribution in [0.2, 0.25) is 0 Å². The molecule has 1 aromatic heterocycles. The van der Waals surface area contributed by atoms with E-state index in [1.165, 1.54) is 5.56 Å². The summed E-state index contributed by atoms with van der Waals surface area (Å²) in [5, 5.41) is 10.1. The van der Waals surface area contributed by atoms with Gasteiger partial charge in [-0.2, -0.15) is 13.2 Å². The summed E-state index contributed by atoms with van der Waals surface area (Å²) >= 11 is 0. The van der Waals surface area contributed by atoms with E-state index in [4.69, 9.17) is 9.90 Å². The maximum Gasteiger partial charge on any atom is 0.490 e. The second kappa shape index (κ2) is 11.0. The zero-order valence-corrected chi connectivity index (χ0v) is 20.1. The molecule has 2 unspecified atom stereocenters. The van der Waals surface area contributed by atoms with Crippen LogP contribution < -0.4 is 5.32 Å². The molecule has 2 heterocycles. The largest absolute Gasteiger partial charge is 0.490 e. The van der Waals surface area contributed by atoms with Crippen molar-refractivity contribution in [2.45, 2.75) is 38.9 Å². The van der Waals surface area contributed by atoms with Gasteiger partial charge in [0, 0.05) is 43.4 Å². The number of anilines is 1. The predicted octanol–water partition coefficient (Wildman–Crippen LogP) is 4.18. The SMILES string of the molecule is CCc1cccc(NC(=O)N2CCC3(CC3C(=O)N(C)Cc3ccccn3)C2)c1.O=C(O)C(F)(F)F. The van der Waals surface area contributed by atoms with Gasteiger partial charge in [-0.25, -0.2) is 9.59 Å². The number of carboxylic acids is 1. The Kier molecular flexibility index (Phi) is 8.21. The van der Waals surface area contributed by atoms with Gasteiger partial charge >= 0.3 is 18.2 Å². The molecule has 2 atom stereocenters. The third kappa shape index (κ3) is 6.73. The summed E-state index contributed by atoms with van der Waals surface area (Å²) in [6.07, 6.45) is -0.640. The summed E-state index contributed by atoms with van der Waals surface area (Å²) in [5.74, 6) is -2.58. The topological polar surface area (TPSA) is 103 Å². The zero-order chi connectivity index (χ0) is 26.5. The Hall–Kier alpha value is -3.63. The molecule has 2 aromatic rings. The molecule has 2 aliphatic rings. The number of halogens is 3. The number of carbonyl (C=O) groups is 3. The summed E-state index contributed by atoms with van der Waals surface area (Å²) < 4.78 is 31.7. The highest BCUT2D eigenvalue weighted by atomic mass is 19.4. The van der Waals surface area contributed by atoms with E-state index in [1.54, 1.807) is 11.1 Å². The number of carboxylic acid groups (broad SMARTS) is 1. The number of benzene rings is 1. The van der Waals surface area contributed by atoms with Crippen LogP contribution in [0.15, 0.2) is 48.7 Å². The van der Waals surface area contributed by atoms with E-state index in [1.807, 2.05) is 48.3 Å². The van der Waals surface area contributed by atoms with Crippen molar-refractivity contribution in [3.8, 4) is 0 Å². The minimum Gasteiger partial charge on any atom is -0.475 e. The van der Waals surface area contributed by atoms with Gasteiger partial charge in [0.1, 0.15) is 0 Å². The lowest BCUT2D eigenvalue weighted by molar-refractivity contribution is -0.192. The van der Waals surface area contributed by atoms with Crippen molar-refractivity contribution in [3.05, 3.63) is 59.9 Å². The number of amides is 3. The molecule has 1 spiro atoms. The maximum atomic E-state index is 12.9. The van der Waals surface area contributed by atoms with Gasteiger partial charge < -0.3 is 20.2 Å². The molecule has 8 nitrogen and oxygen atoms in total. The van der Waals surface area contributed by atoms with Gasteiger partial charge in [-0.3, -0.25) is 9.78 Å². The minimum absolute atomic E-state index is 0.0115. The van der Waals surface area contributed by atoms with Crippen molar-refractivity contribution >= 4 is 23.6 Å². The monoisotopic (exact) mass is 506 g/mol. The van der Waals surface area contributed by atoms with Crippen molar-refractivity contribution in [1.29, 1.82) is 0 Å². The van der Waals surface area contributed by atoms with Crippen LogP contribution in [0.3, 0.4) is 0 Å². The first-order chi connectivity index (χ1) is 16.9. The van der Waals surface area contributed by atoms with Gasteiger partial charge in [-0.1, -0.05) is 25.1 Å². The van der Waals surface area contributed by atoms with Crippen molar-refractivity contribution in [3.63, 3.8) is 0 Å². The van der Waals surface area contributed by atoms with Crippen molar-refractivity contribution < 1.29 is 32.7 Å². The van der Waals surface area contributed by atoms with Gasteiger partial charge in [0.25, 0.3) is 0 Å². The third-order valence-electron chi connectivity index (χ3n) is 6.49. The Morgan fingerprint density at radius 3 is 2.56 bits per heavy atom.